The second-order valence-corrected chi connectivity index (χ2v) is 5.83. The van der Waals surface area contributed by atoms with Gasteiger partial charge in [-0.3, -0.25) is 4.79 Å². The van der Waals surface area contributed by atoms with Crippen molar-refractivity contribution in [3.63, 3.8) is 0 Å². The van der Waals surface area contributed by atoms with Crippen LogP contribution in [0.4, 0.5) is 21.6 Å². The third kappa shape index (κ3) is 4.42. The van der Waals surface area contributed by atoms with Gasteiger partial charge in [-0.15, -0.1) is 0 Å². The Balaban J connectivity index is 1.78. The minimum Gasteiger partial charge on any atom is -0.340 e. The van der Waals surface area contributed by atoms with Crippen molar-refractivity contribution in [1.29, 1.82) is 0 Å². The number of aromatic nitrogens is 2. The van der Waals surface area contributed by atoms with Crippen molar-refractivity contribution in [1.82, 2.24) is 9.97 Å². The summed E-state index contributed by atoms with van der Waals surface area (Å²) < 4.78 is 13.3. The lowest BCUT2D eigenvalue weighted by Crippen LogP contribution is -2.15. The largest absolute Gasteiger partial charge is 0.340 e. The third-order valence-electron chi connectivity index (χ3n) is 3.79. The Morgan fingerprint density at radius 1 is 1.04 bits per heavy atom. The number of benzene rings is 2. The molecular formula is C20H19FN4O. The van der Waals surface area contributed by atoms with E-state index >= 15 is 0 Å². The normalized spacial score (nSPS) is 10.4. The van der Waals surface area contributed by atoms with E-state index in [9.17, 15) is 9.18 Å². The summed E-state index contributed by atoms with van der Waals surface area (Å²) in [5.41, 5.74) is 2.67. The SMILES string of the molecule is CCc1ccc(NC(=O)c2cc(Nc3cccc(F)c3)nc(C)n2)cc1. The minimum absolute atomic E-state index is 0.232. The van der Waals surface area contributed by atoms with Crippen LogP contribution in [0, 0.1) is 12.7 Å². The van der Waals surface area contributed by atoms with Crippen LogP contribution < -0.4 is 10.6 Å². The average molecular weight is 350 g/mol. The molecule has 1 aromatic heterocycles. The fraction of sp³-hybridized carbons (Fsp3) is 0.150. The topological polar surface area (TPSA) is 66.9 Å². The zero-order valence-electron chi connectivity index (χ0n) is 14.6. The first-order chi connectivity index (χ1) is 12.5. The van der Waals surface area contributed by atoms with Crippen molar-refractivity contribution in [3.8, 4) is 0 Å². The van der Waals surface area contributed by atoms with Crippen molar-refractivity contribution in [2.24, 2.45) is 0 Å². The van der Waals surface area contributed by atoms with Gasteiger partial charge in [0.05, 0.1) is 0 Å². The number of nitrogens with zero attached hydrogens (tertiary/aromatic N) is 2. The molecule has 0 aliphatic heterocycles. The first kappa shape index (κ1) is 17.5. The number of halogens is 1. The second kappa shape index (κ2) is 7.74. The Morgan fingerprint density at radius 3 is 2.50 bits per heavy atom. The highest BCUT2D eigenvalue weighted by molar-refractivity contribution is 6.03. The summed E-state index contributed by atoms with van der Waals surface area (Å²) in [6.07, 6.45) is 0.939. The van der Waals surface area contributed by atoms with E-state index in [2.05, 4.69) is 27.5 Å². The highest BCUT2D eigenvalue weighted by Gasteiger charge is 2.11. The molecule has 5 nitrogen and oxygen atoms in total. The maximum Gasteiger partial charge on any atom is 0.274 e. The second-order valence-electron chi connectivity index (χ2n) is 5.83. The highest BCUT2D eigenvalue weighted by atomic mass is 19.1. The molecule has 1 heterocycles. The lowest BCUT2D eigenvalue weighted by molar-refractivity contribution is 0.102. The van der Waals surface area contributed by atoms with Crippen molar-refractivity contribution in [2.75, 3.05) is 10.6 Å². The fourth-order valence-electron chi connectivity index (χ4n) is 2.48. The van der Waals surface area contributed by atoms with Gasteiger partial charge in [0.25, 0.3) is 5.91 Å². The van der Waals surface area contributed by atoms with E-state index in [0.717, 1.165) is 6.42 Å². The standard InChI is InChI=1S/C20H19FN4O/c1-3-14-7-9-16(10-8-14)25-20(26)18-12-19(23-13(2)22-18)24-17-6-4-5-15(21)11-17/h4-12H,3H2,1-2H3,(H,25,26)(H,22,23,24). The maximum absolute atomic E-state index is 13.3. The Kier molecular flexibility index (Phi) is 5.22. The molecule has 0 aliphatic rings. The number of nitrogens with one attached hydrogen (secondary N) is 2. The van der Waals surface area contributed by atoms with Crippen molar-refractivity contribution >= 4 is 23.1 Å². The molecule has 0 bridgehead atoms. The molecule has 3 aromatic rings. The van der Waals surface area contributed by atoms with Crippen LogP contribution >= 0.6 is 0 Å². The molecule has 0 saturated heterocycles. The van der Waals surface area contributed by atoms with Gasteiger partial charge in [-0.1, -0.05) is 25.1 Å². The summed E-state index contributed by atoms with van der Waals surface area (Å²) in [5.74, 6) is 0.184. The molecule has 0 saturated carbocycles. The minimum atomic E-state index is -0.353. The molecule has 3 rings (SSSR count). The Morgan fingerprint density at radius 2 is 1.81 bits per heavy atom. The van der Waals surface area contributed by atoms with Crippen LogP contribution in [0.2, 0.25) is 0 Å². The number of anilines is 3. The molecule has 0 fully saturated rings. The van der Waals surface area contributed by atoms with Crippen LogP contribution in [0.1, 0.15) is 28.8 Å². The van der Waals surface area contributed by atoms with Gasteiger partial charge in [0.15, 0.2) is 0 Å². The number of hydrogen-bond donors (Lipinski definition) is 2. The lowest BCUT2D eigenvalue weighted by Gasteiger charge is -2.09. The molecule has 0 spiro atoms. The third-order valence-corrected chi connectivity index (χ3v) is 3.79. The van der Waals surface area contributed by atoms with Crippen LogP contribution in [0.15, 0.2) is 54.6 Å². The number of hydrogen-bond acceptors (Lipinski definition) is 4. The van der Waals surface area contributed by atoms with Gasteiger partial charge in [0.2, 0.25) is 0 Å². The van der Waals surface area contributed by atoms with E-state index in [4.69, 9.17) is 0 Å². The summed E-state index contributed by atoms with van der Waals surface area (Å²) >= 11 is 0. The van der Waals surface area contributed by atoms with Crippen molar-refractivity contribution in [3.05, 3.63) is 77.5 Å². The Bertz CT molecular complexity index is 925. The molecule has 0 unspecified atom stereocenters. The van der Waals surface area contributed by atoms with Gasteiger partial charge in [-0.2, -0.15) is 0 Å². The number of carbonyl (C=O) groups is 1. The van der Waals surface area contributed by atoms with E-state index in [1.807, 2.05) is 24.3 Å². The summed E-state index contributed by atoms with van der Waals surface area (Å²) in [4.78, 5) is 20.9. The van der Waals surface area contributed by atoms with Gasteiger partial charge in [-0.05, 0) is 49.2 Å². The van der Waals surface area contributed by atoms with E-state index in [0.29, 0.717) is 23.0 Å². The molecule has 6 heteroatoms. The van der Waals surface area contributed by atoms with E-state index < -0.39 is 0 Å². The molecule has 0 radical (unpaired) electrons. The molecule has 1 amide bonds. The van der Waals surface area contributed by atoms with Crippen molar-refractivity contribution < 1.29 is 9.18 Å². The summed E-state index contributed by atoms with van der Waals surface area (Å²) in [5, 5.41) is 5.81. The highest BCUT2D eigenvalue weighted by Crippen LogP contribution is 2.17. The van der Waals surface area contributed by atoms with Gasteiger partial charge < -0.3 is 10.6 Å². The quantitative estimate of drug-likeness (QED) is 0.712. The zero-order valence-corrected chi connectivity index (χ0v) is 14.6. The number of carbonyl (C=O) groups excluding carboxylic acids is 1. The molecular weight excluding hydrogens is 331 g/mol. The monoisotopic (exact) mass is 350 g/mol. The number of amides is 1. The molecule has 0 aliphatic carbocycles. The molecule has 2 N–H and O–H groups in total. The zero-order chi connectivity index (χ0) is 18.5. The number of rotatable bonds is 5. The number of aryl methyl sites for hydroxylation is 2. The van der Waals surface area contributed by atoms with Crippen LogP contribution in [0.5, 0.6) is 0 Å². The maximum atomic E-state index is 13.3. The summed E-state index contributed by atoms with van der Waals surface area (Å²) in [6, 6.07) is 15.2. The molecule has 2 aromatic carbocycles. The van der Waals surface area contributed by atoms with Crippen LogP contribution in [0.3, 0.4) is 0 Å². The van der Waals surface area contributed by atoms with Crippen LogP contribution in [-0.4, -0.2) is 15.9 Å². The average Bonchev–Trinajstić information content (AvgIpc) is 2.62. The van der Waals surface area contributed by atoms with E-state index in [1.165, 1.54) is 23.8 Å². The Labute approximate surface area is 151 Å². The Hall–Kier alpha value is -3.28. The lowest BCUT2D eigenvalue weighted by atomic mass is 10.1. The molecule has 0 atom stereocenters. The fourth-order valence-corrected chi connectivity index (χ4v) is 2.48. The van der Waals surface area contributed by atoms with E-state index in [1.54, 1.807) is 19.1 Å². The van der Waals surface area contributed by atoms with E-state index in [-0.39, 0.29) is 17.4 Å². The van der Waals surface area contributed by atoms with Gasteiger partial charge in [0, 0.05) is 17.4 Å². The predicted molar refractivity (Wildman–Crippen MR) is 100 cm³/mol. The van der Waals surface area contributed by atoms with Crippen LogP contribution in [0.25, 0.3) is 0 Å². The smallest absolute Gasteiger partial charge is 0.274 e. The first-order valence-corrected chi connectivity index (χ1v) is 8.32. The summed E-state index contributed by atoms with van der Waals surface area (Å²) in [7, 11) is 0. The van der Waals surface area contributed by atoms with Gasteiger partial charge >= 0.3 is 0 Å². The molecule has 26 heavy (non-hydrogen) atoms. The van der Waals surface area contributed by atoms with Gasteiger partial charge in [0.1, 0.15) is 23.2 Å². The molecule has 132 valence electrons. The van der Waals surface area contributed by atoms with Gasteiger partial charge in [-0.25, -0.2) is 14.4 Å². The first-order valence-electron chi connectivity index (χ1n) is 8.32. The van der Waals surface area contributed by atoms with Crippen molar-refractivity contribution in [2.45, 2.75) is 20.3 Å². The van der Waals surface area contributed by atoms with Crippen LogP contribution in [-0.2, 0) is 6.42 Å². The summed E-state index contributed by atoms with van der Waals surface area (Å²) in [6.45, 7) is 3.77. The predicted octanol–water partition coefficient (Wildman–Crippen LogP) is 4.48.